The van der Waals surface area contributed by atoms with Crippen molar-refractivity contribution in [1.82, 2.24) is 29.1 Å². The molecular formula is C36H40ClN6O3P. The highest BCUT2D eigenvalue weighted by Gasteiger charge is 2.47. The predicted octanol–water partition coefficient (Wildman–Crippen LogP) is 7.42. The van der Waals surface area contributed by atoms with Crippen LogP contribution >= 0.6 is 18.1 Å². The average molecular weight is 671 g/mol. The molecule has 2 aromatic heterocycles. The quantitative estimate of drug-likeness (QED) is 0.118. The van der Waals surface area contributed by atoms with Crippen molar-refractivity contribution in [2.75, 3.05) is 32.8 Å². The summed E-state index contributed by atoms with van der Waals surface area (Å²) in [7, 11) is 0. The van der Waals surface area contributed by atoms with Crippen molar-refractivity contribution in [3.63, 3.8) is 0 Å². The monoisotopic (exact) mass is 670 g/mol. The molecule has 4 heterocycles. The van der Waals surface area contributed by atoms with Gasteiger partial charge in [-0.2, -0.15) is 0 Å². The summed E-state index contributed by atoms with van der Waals surface area (Å²) < 4.78 is 30.5. The fraction of sp³-hybridized carbons (Fsp3) is 0.361. The van der Waals surface area contributed by atoms with Crippen molar-refractivity contribution < 1.29 is 13.8 Å². The zero-order chi connectivity index (χ0) is 32.4. The second-order valence-electron chi connectivity index (χ2n) is 12.6. The third-order valence-electron chi connectivity index (χ3n) is 9.57. The summed E-state index contributed by atoms with van der Waals surface area (Å²) >= 11 is 6.69. The minimum Gasteiger partial charge on any atom is -0.350 e. The lowest BCUT2D eigenvalue weighted by molar-refractivity contribution is -0.145. The molecule has 7 rings (SSSR count). The largest absolute Gasteiger partial charge is 0.363 e. The maximum absolute atomic E-state index is 13.8. The molecule has 244 valence electrons. The van der Waals surface area contributed by atoms with Gasteiger partial charge < -0.3 is 9.26 Å². The van der Waals surface area contributed by atoms with E-state index in [9.17, 15) is 4.57 Å². The number of fused-ring (bicyclic) bond motifs is 1. The van der Waals surface area contributed by atoms with E-state index in [4.69, 9.17) is 20.5 Å². The van der Waals surface area contributed by atoms with Crippen molar-refractivity contribution in [1.29, 1.82) is 0 Å². The highest BCUT2D eigenvalue weighted by Crippen LogP contribution is 2.57. The van der Waals surface area contributed by atoms with Gasteiger partial charge in [0.25, 0.3) is 0 Å². The van der Waals surface area contributed by atoms with Gasteiger partial charge in [0, 0.05) is 26.2 Å². The summed E-state index contributed by atoms with van der Waals surface area (Å²) in [5.74, 6) is 0.582. The molecule has 0 spiro atoms. The summed E-state index contributed by atoms with van der Waals surface area (Å²) in [6.45, 7) is 2.96. The zero-order valence-electron chi connectivity index (χ0n) is 26.7. The fourth-order valence-electron chi connectivity index (χ4n) is 7.09. The molecule has 2 aliphatic heterocycles. The fourth-order valence-corrected chi connectivity index (χ4v) is 8.94. The molecule has 5 aromatic rings. The summed E-state index contributed by atoms with van der Waals surface area (Å²) in [5, 5.41) is 0. The van der Waals surface area contributed by atoms with Crippen LogP contribution in [-0.2, 0) is 19.4 Å². The van der Waals surface area contributed by atoms with E-state index in [1.165, 1.54) is 0 Å². The first-order valence-corrected chi connectivity index (χ1v) is 18.8. The molecule has 3 atom stereocenters. The first kappa shape index (κ1) is 32.1. The smallest absolute Gasteiger partial charge is 0.350 e. The van der Waals surface area contributed by atoms with E-state index in [-0.39, 0.29) is 6.61 Å². The number of rotatable bonds is 9. The molecule has 1 unspecified atom stereocenters. The maximum Gasteiger partial charge on any atom is 0.363 e. The number of ether oxygens (including phenoxy) is 1. The molecule has 0 saturated carbocycles. The number of halogens is 1. The van der Waals surface area contributed by atoms with Gasteiger partial charge in [0.15, 0.2) is 5.65 Å². The number of aromatic nitrogens is 4. The van der Waals surface area contributed by atoms with Crippen LogP contribution in [0, 0.1) is 12.8 Å². The van der Waals surface area contributed by atoms with Gasteiger partial charge in [-0.15, -0.1) is 0 Å². The van der Waals surface area contributed by atoms with Crippen LogP contribution in [0.4, 0.5) is 0 Å². The summed E-state index contributed by atoms with van der Waals surface area (Å²) in [6, 6.07) is 31.7. The SMILES string of the molecule is Cc1ncnc2c1ncn2[C@H]1CN(C(c2ccccc2)(c2ccccc2)c2ccccc2)C[C@@H](COP(=O)(Cl)N2CCC(C)CC2)O1. The maximum atomic E-state index is 13.8. The number of hydrogen-bond donors (Lipinski definition) is 0. The van der Waals surface area contributed by atoms with Gasteiger partial charge in [-0.05, 0) is 53.6 Å². The molecule has 0 amide bonds. The van der Waals surface area contributed by atoms with Crippen LogP contribution in [-0.4, -0.2) is 68.0 Å². The van der Waals surface area contributed by atoms with Gasteiger partial charge in [-0.25, -0.2) is 19.6 Å². The van der Waals surface area contributed by atoms with Crippen molar-refractivity contribution in [3.05, 3.63) is 126 Å². The lowest BCUT2D eigenvalue weighted by Gasteiger charge is -2.50. The molecule has 0 bridgehead atoms. The molecule has 0 N–H and O–H groups in total. The molecule has 11 heteroatoms. The van der Waals surface area contributed by atoms with Crippen LogP contribution in [0.1, 0.15) is 48.4 Å². The minimum atomic E-state index is -3.55. The number of benzene rings is 3. The van der Waals surface area contributed by atoms with Crippen LogP contribution < -0.4 is 0 Å². The van der Waals surface area contributed by atoms with Crippen LogP contribution in [0.3, 0.4) is 0 Å². The lowest BCUT2D eigenvalue weighted by atomic mass is 9.75. The van der Waals surface area contributed by atoms with Crippen LogP contribution in [0.25, 0.3) is 11.2 Å². The predicted molar refractivity (Wildman–Crippen MR) is 184 cm³/mol. The molecule has 0 radical (unpaired) electrons. The molecule has 9 nitrogen and oxygen atoms in total. The van der Waals surface area contributed by atoms with Crippen molar-refractivity contribution >= 4 is 29.3 Å². The van der Waals surface area contributed by atoms with Crippen LogP contribution in [0.2, 0.25) is 0 Å². The Bertz CT molecular complexity index is 1740. The Balaban J connectivity index is 1.33. The Hall–Kier alpha value is -3.43. The van der Waals surface area contributed by atoms with E-state index < -0.39 is 24.7 Å². The Labute approximate surface area is 280 Å². The normalized spacial score (nSPS) is 21.5. The number of imidazole rings is 1. The van der Waals surface area contributed by atoms with Gasteiger partial charge in [-0.1, -0.05) is 97.9 Å². The number of hydrogen-bond acceptors (Lipinski definition) is 7. The van der Waals surface area contributed by atoms with Crippen molar-refractivity contribution in [2.24, 2.45) is 5.92 Å². The average Bonchev–Trinajstić information content (AvgIpc) is 3.55. The van der Waals surface area contributed by atoms with Gasteiger partial charge in [0.2, 0.25) is 0 Å². The molecule has 2 saturated heterocycles. The Morgan fingerprint density at radius 3 is 2.02 bits per heavy atom. The summed E-state index contributed by atoms with van der Waals surface area (Å²) in [6.07, 6.45) is 4.26. The topological polar surface area (TPSA) is 85.6 Å². The number of piperidine rings is 1. The Morgan fingerprint density at radius 1 is 0.872 bits per heavy atom. The molecule has 47 heavy (non-hydrogen) atoms. The molecular weight excluding hydrogens is 631 g/mol. The van der Waals surface area contributed by atoms with E-state index in [2.05, 4.69) is 99.6 Å². The van der Waals surface area contributed by atoms with Gasteiger partial charge >= 0.3 is 6.87 Å². The van der Waals surface area contributed by atoms with Crippen LogP contribution in [0.15, 0.2) is 104 Å². The van der Waals surface area contributed by atoms with E-state index in [0.717, 1.165) is 40.7 Å². The highest BCUT2D eigenvalue weighted by atomic mass is 35.7. The molecule has 3 aromatic carbocycles. The van der Waals surface area contributed by atoms with Crippen molar-refractivity contribution in [3.8, 4) is 0 Å². The van der Waals surface area contributed by atoms with Gasteiger partial charge in [0.05, 0.1) is 30.3 Å². The molecule has 2 fully saturated rings. The first-order chi connectivity index (χ1) is 22.9. The van der Waals surface area contributed by atoms with Gasteiger partial charge in [-0.3, -0.25) is 14.0 Å². The van der Waals surface area contributed by atoms with Crippen LogP contribution in [0.5, 0.6) is 0 Å². The first-order valence-electron chi connectivity index (χ1n) is 16.3. The summed E-state index contributed by atoms with van der Waals surface area (Å²) in [5.41, 5.74) is 4.89. The minimum absolute atomic E-state index is 0.0644. The number of aryl methyl sites for hydroxylation is 1. The second kappa shape index (κ2) is 13.6. The van der Waals surface area contributed by atoms with E-state index >= 15 is 0 Å². The molecule has 0 aliphatic carbocycles. The van der Waals surface area contributed by atoms with Crippen molar-refractivity contribution in [2.45, 2.75) is 44.6 Å². The van der Waals surface area contributed by atoms with Gasteiger partial charge in [0.1, 0.15) is 18.1 Å². The zero-order valence-corrected chi connectivity index (χ0v) is 28.4. The standard InChI is InChI=1S/C36H40ClN6O3P/c1-27-18-20-42(21-19-27)47(37,44)45-24-32-22-41(23-33(46-32)43-26-40-34-28(2)38-25-39-35(34)43)36(29-12-6-3-7-13-29,30-14-8-4-9-15-30)31-16-10-5-11-17-31/h3-17,25-27,32-33H,18-24H2,1-2H3/t32-,33+,47?/m0/s1. The van der Waals surface area contributed by atoms with E-state index in [1.807, 2.05) is 29.7 Å². The number of nitrogens with zero attached hydrogens (tertiary/aromatic N) is 6. The number of morpholine rings is 1. The second-order valence-corrected chi connectivity index (χ2v) is 15.6. The third kappa shape index (κ3) is 6.29. The van der Waals surface area contributed by atoms with E-state index in [0.29, 0.717) is 37.7 Å². The molecule has 2 aliphatic rings. The van der Waals surface area contributed by atoms with E-state index in [1.54, 1.807) is 17.3 Å². The Kier molecular flexibility index (Phi) is 9.29. The third-order valence-corrected chi connectivity index (χ3v) is 12.0. The highest BCUT2D eigenvalue weighted by molar-refractivity contribution is 7.83. The summed E-state index contributed by atoms with van der Waals surface area (Å²) in [4.78, 5) is 16.1. The lowest BCUT2D eigenvalue weighted by Crippen LogP contribution is -2.57. The Morgan fingerprint density at radius 2 is 1.45 bits per heavy atom.